The number of rotatable bonds is 9. The minimum Gasteiger partial charge on any atom is -0.351 e. The molecule has 7 heteroatoms. The van der Waals surface area contributed by atoms with Gasteiger partial charge in [0.25, 0.3) is 0 Å². The molecule has 1 amide bonds. The first-order valence-electron chi connectivity index (χ1n) is 16.5. The van der Waals surface area contributed by atoms with Gasteiger partial charge in [0.1, 0.15) is 12.2 Å². The highest BCUT2D eigenvalue weighted by molar-refractivity contribution is 5.82. The van der Waals surface area contributed by atoms with Crippen LogP contribution in [0.1, 0.15) is 109 Å². The van der Waals surface area contributed by atoms with E-state index >= 15 is 0 Å². The molecule has 2 aromatic rings. The highest BCUT2D eigenvalue weighted by atomic mass is 16.2. The smallest absolute Gasteiger partial charge is 0.225 e. The third kappa shape index (κ3) is 7.21. The summed E-state index contributed by atoms with van der Waals surface area (Å²) < 4.78 is 1.93. The lowest BCUT2D eigenvalue weighted by atomic mass is 9.68. The summed E-state index contributed by atoms with van der Waals surface area (Å²) >= 11 is 0. The molecule has 1 aromatic heterocycles. The number of carbonyl (C=O) groups excluding carboxylic acids is 1. The summed E-state index contributed by atoms with van der Waals surface area (Å²) in [5, 5.41) is 13.1. The van der Waals surface area contributed by atoms with Crippen molar-refractivity contribution >= 4 is 11.7 Å². The van der Waals surface area contributed by atoms with E-state index in [4.69, 9.17) is 5.41 Å². The zero-order valence-electron chi connectivity index (χ0n) is 25.6. The van der Waals surface area contributed by atoms with E-state index in [-0.39, 0.29) is 11.3 Å². The minimum absolute atomic E-state index is 0.0539. The molecular weight excluding hydrogens is 508 g/mol. The Balaban J connectivity index is 1.32. The van der Waals surface area contributed by atoms with E-state index in [0.29, 0.717) is 37.2 Å². The van der Waals surface area contributed by atoms with Gasteiger partial charge in [0, 0.05) is 32.0 Å². The van der Waals surface area contributed by atoms with Crippen molar-refractivity contribution in [3.8, 4) is 0 Å². The predicted octanol–water partition coefficient (Wildman–Crippen LogP) is 6.82. The molecule has 1 aliphatic carbocycles. The molecule has 1 N–H and O–H groups in total. The average Bonchev–Trinajstić information content (AvgIpc) is 3.45. The number of nitrogens with zero attached hydrogens (tertiary/aromatic N) is 5. The summed E-state index contributed by atoms with van der Waals surface area (Å²) in [6.45, 7) is 8.11. The van der Waals surface area contributed by atoms with E-state index in [9.17, 15) is 4.79 Å². The first kappa shape index (κ1) is 29.8. The number of nitrogens with one attached hydrogen (secondary N) is 1. The minimum atomic E-state index is 0.0539. The van der Waals surface area contributed by atoms with E-state index in [2.05, 4.69) is 64.1 Å². The van der Waals surface area contributed by atoms with Gasteiger partial charge >= 0.3 is 0 Å². The number of unbranched alkanes of at least 4 members (excludes halogenated alkanes) is 1. The quantitative estimate of drug-likeness (QED) is 0.269. The number of fused-ring (bicyclic) bond motifs is 1. The molecule has 3 aliphatic rings. The SMILES string of the molecule is CCCC[C@]1(c2ccccc2)CCCC(CC2CCC2)C(C)C(=O)N(CCC(=N)N2CCn3ncnc3C2)CCC1. The lowest BCUT2D eigenvalue weighted by molar-refractivity contribution is -0.137. The summed E-state index contributed by atoms with van der Waals surface area (Å²) in [6.07, 6.45) is 16.9. The monoisotopic (exact) mass is 560 g/mol. The number of amidine groups is 1. The maximum atomic E-state index is 14.1. The van der Waals surface area contributed by atoms with Crippen LogP contribution in [0.15, 0.2) is 36.7 Å². The Morgan fingerprint density at radius 3 is 2.61 bits per heavy atom. The molecule has 2 fully saturated rings. The number of benzene rings is 1. The lowest BCUT2D eigenvalue weighted by Gasteiger charge is -2.36. The van der Waals surface area contributed by atoms with Crippen LogP contribution in [0.2, 0.25) is 0 Å². The van der Waals surface area contributed by atoms with Crippen LogP contribution < -0.4 is 0 Å². The van der Waals surface area contributed by atoms with Crippen molar-refractivity contribution in [2.24, 2.45) is 17.8 Å². The molecule has 3 atom stereocenters. The Labute approximate surface area is 247 Å². The molecule has 0 spiro atoms. The first-order valence-corrected chi connectivity index (χ1v) is 16.5. The van der Waals surface area contributed by atoms with Crippen LogP contribution in [0, 0.1) is 23.2 Å². The van der Waals surface area contributed by atoms with Crippen molar-refractivity contribution in [3.05, 3.63) is 48.0 Å². The first-order chi connectivity index (χ1) is 20.0. The van der Waals surface area contributed by atoms with Crippen molar-refractivity contribution < 1.29 is 4.79 Å². The van der Waals surface area contributed by atoms with Crippen LogP contribution in [-0.4, -0.2) is 55.9 Å². The third-order valence-electron chi connectivity index (χ3n) is 10.6. The van der Waals surface area contributed by atoms with Gasteiger partial charge < -0.3 is 9.80 Å². The number of carbonyl (C=O) groups is 1. The van der Waals surface area contributed by atoms with Gasteiger partial charge in [-0.25, -0.2) is 9.67 Å². The van der Waals surface area contributed by atoms with Gasteiger partial charge in [0.2, 0.25) is 5.91 Å². The molecule has 2 unspecified atom stereocenters. The van der Waals surface area contributed by atoms with Crippen molar-refractivity contribution in [2.45, 2.75) is 116 Å². The van der Waals surface area contributed by atoms with Crippen molar-refractivity contribution in [1.82, 2.24) is 24.6 Å². The van der Waals surface area contributed by atoms with Crippen LogP contribution in [0.5, 0.6) is 0 Å². The van der Waals surface area contributed by atoms with Gasteiger partial charge in [0.15, 0.2) is 0 Å². The summed E-state index contributed by atoms with van der Waals surface area (Å²) in [5.74, 6) is 3.17. The predicted molar refractivity (Wildman–Crippen MR) is 165 cm³/mol. The second-order valence-electron chi connectivity index (χ2n) is 13.2. The molecule has 5 rings (SSSR count). The molecule has 0 radical (unpaired) electrons. The Kier molecular flexibility index (Phi) is 10.2. The normalized spacial score (nSPS) is 26.2. The van der Waals surface area contributed by atoms with E-state index in [1.165, 1.54) is 63.4 Å². The fourth-order valence-corrected chi connectivity index (χ4v) is 7.67. The van der Waals surface area contributed by atoms with E-state index in [1.54, 1.807) is 6.33 Å². The highest BCUT2D eigenvalue weighted by Crippen LogP contribution is 2.43. The highest BCUT2D eigenvalue weighted by Gasteiger charge is 2.36. The van der Waals surface area contributed by atoms with Crippen molar-refractivity contribution in [3.63, 3.8) is 0 Å². The van der Waals surface area contributed by atoms with Crippen LogP contribution in [-0.2, 0) is 23.3 Å². The zero-order valence-corrected chi connectivity index (χ0v) is 25.6. The number of hydrogen-bond donors (Lipinski definition) is 1. The van der Waals surface area contributed by atoms with Gasteiger partial charge in [-0.05, 0) is 61.3 Å². The summed E-state index contributed by atoms with van der Waals surface area (Å²) in [5.41, 5.74) is 1.69. The largest absolute Gasteiger partial charge is 0.351 e. The Morgan fingerprint density at radius 1 is 1.05 bits per heavy atom. The summed E-state index contributed by atoms with van der Waals surface area (Å²) in [6, 6.07) is 11.3. The lowest BCUT2D eigenvalue weighted by Crippen LogP contribution is -2.43. The fraction of sp³-hybridized carbons (Fsp3) is 0.706. The van der Waals surface area contributed by atoms with Crippen LogP contribution in [0.25, 0.3) is 0 Å². The second-order valence-corrected chi connectivity index (χ2v) is 13.2. The van der Waals surface area contributed by atoms with Gasteiger partial charge in [-0.1, -0.05) is 82.7 Å². The maximum absolute atomic E-state index is 14.1. The molecule has 1 saturated carbocycles. The fourth-order valence-electron chi connectivity index (χ4n) is 7.67. The molecular formula is C34H52N6O. The standard InChI is InChI=1S/C34H52N6O/c1-3-4-17-34(30-14-6-5-7-15-30)18-9-13-29(24-28-11-8-12-28)27(2)33(41)38(20-10-19-34)21-16-31(35)39-22-23-40-32(25-39)36-26-37-40/h5-7,14-15,26-29,35H,3-4,8-13,16-25H2,1-2H3/t27?,29?,34-/m0/s1. The zero-order chi connectivity index (χ0) is 28.7. The van der Waals surface area contributed by atoms with Crippen LogP contribution in [0.3, 0.4) is 0 Å². The average molecular weight is 561 g/mol. The number of aromatic nitrogens is 3. The van der Waals surface area contributed by atoms with Crippen LogP contribution in [0.4, 0.5) is 0 Å². The topological polar surface area (TPSA) is 78.1 Å². The number of hydrogen-bond acceptors (Lipinski definition) is 4. The molecule has 7 nitrogen and oxygen atoms in total. The van der Waals surface area contributed by atoms with Gasteiger partial charge in [-0.15, -0.1) is 0 Å². The maximum Gasteiger partial charge on any atom is 0.225 e. The Morgan fingerprint density at radius 2 is 1.85 bits per heavy atom. The van der Waals surface area contributed by atoms with Gasteiger partial charge in [-0.3, -0.25) is 10.2 Å². The summed E-state index contributed by atoms with van der Waals surface area (Å²) in [4.78, 5) is 22.7. The molecule has 1 saturated heterocycles. The van der Waals surface area contributed by atoms with Crippen molar-refractivity contribution in [2.75, 3.05) is 19.6 Å². The van der Waals surface area contributed by atoms with Gasteiger partial charge in [0.05, 0.1) is 18.9 Å². The molecule has 3 heterocycles. The number of amides is 1. The molecule has 2 aliphatic heterocycles. The van der Waals surface area contributed by atoms with E-state index < -0.39 is 0 Å². The van der Waals surface area contributed by atoms with Gasteiger partial charge in [-0.2, -0.15) is 5.10 Å². The van der Waals surface area contributed by atoms with E-state index in [1.807, 2.05) is 4.68 Å². The Bertz CT molecular complexity index is 1130. The molecule has 41 heavy (non-hydrogen) atoms. The molecule has 1 aromatic carbocycles. The van der Waals surface area contributed by atoms with E-state index in [0.717, 1.165) is 50.6 Å². The second kappa shape index (κ2) is 14.0. The molecule has 0 bridgehead atoms. The summed E-state index contributed by atoms with van der Waals surface area (Å²) in [7, 11) is 0. The molecule has 224 valence electrons. The third-order valence-corrected chi connectivity index (χ3v) is 10.6. The Hall–Kier alpha value is -2.70. The van der Waals surface area contributed by atoms with Crippen molar-refractivity contribution in [1.29, 1.82) is 5.41 Å². The van der Waals surface area contributed by atoms with Crippen LogP contribution >= 0.6 is 0 Å².